The number of aromatic nitrogens is 5. The van der Waals surface area contributed by atoms with Crippen LogP contribution in [0.5, 0.6) is 0 Å². The van der Waals surface area contributed by atoms with E-state index in [0.717, 1.165) is 5.69 Å². The molecule has 0 saturated heterocycles. The van der Waals surface area contributed by atoms with Gasteiger partial charge in [-0.1, -0.05) is 6.07 Å². The van der Waals surface area contributed by atoms with Gasteiger partial charge >= 0.3 is 0 Å². The lowest BCUT2D eigenvalue weighted by Gasteiger charge is -2.04. The van der Waals surface area contributed by atoms with Crippen LogP contribution in [0.4, 0.5) is 5.95 Å². The third-order valence-electron chi connectivity index (χ3n) is 2.83. The van der Waals surface area contributed by atoms with Crippen LogP contribution in [0, 0.1) is 0 Å². The van der Waals surface area contributed by atoms with Gasteiger partial charge in [0.15, 0.2) is 11.2 Å². The van der Waals surface area contributed by atoms with Gasteiger partial charge in [0.25, 0.3) is 5.56 Å². The largest absolute Gasteiger partial charge is 0.350 e. The molecular formula is C12H12N6O. The van der Waals surface area contributed by atoms with Gasteiger partial charge in [-0.3, -0.25) is 9.78 Å². The van der Waals surface area contributed by atoms with Gasteiger partial charge in [0.1, 0.15) is 0 Å². The molecule has 19 heavy (non-hydrogen) atoms. The Morgan fingerprint density at radius 1 is 1.37 bits per heavy atom. The molecule has 0 atom stereocenters. The van der Waals surface area contributed by atoms with E-state index < -0.39 is 0 Å². The summed E-state index contributed by atoms with van der Waals surface area (Å²) in [6.45, 7) is 0.538. The number of fused-ring (bicyclic) bond motifs is 1. The second kappa shape index (κ2) is 4.52. The third kappa shape index (κ3) is 2.05. The second-order valence-electron chi connectivity index (χ2n) is 4.07. The maximum atomic E-state index is 11.7. The number of aromatic amines is 1. The first-order valence-corrected chi connectivity index (χ1v) is 5.79. The zero-order valence-electron chi connectivity index (χ0n) is 10.3. The highest BCUT2D eigenvalue weighted by atomic mass is 16.1. The van der Waals surface area contributed by atoms with Crippen molar-refractivity contribution >= 4 is 17.1 Å². The molecular weight excluding hydrogens is 244 g/mol. The molecule has 7 nitrogen and oxygen atoms in total. The lowest BCUT2D eigenvalue weighted by atomic mass is 10.3. The summed E-state index contributed by atoms with van der Waals surface area (Å²) in [4.78, 5) is 26.8. The molecule has 3 heterocycles. The zero-order valence-corrected chi connectivity index (χ0v) is 10.3. The van der Waals surface area contributed by atoms with Gasteiger partial charge in [0, 0.05) is 13.2 Å². The van der Waals surface area contributed by atoms with Crippen molar-refractivity contribution in [3.8, 4) is 0 Å². The van der Waals surface area contributed by atoms with Gasteiger partial charge < -0.3 is 14.9 Å². The van der Waals surface area contributed by atoms with E-state index in [-0.39, 0.29) is 5.56 Å². The molecule has 0 unspecified atom stereocenters. The number of hydrogen-bond acceptors (Lipinski definition) is 5. The lowest BCUT2D eigenvalue weighted by Crippen LogP contribution is -2.11. The second-order valence-corrected chi connectivity index (χ2v) is 4.07. The van der Waals surface area contributed by atoms with Crippen molar-refractivity contribution in [2.45, 2.75) is 6.54 Å². The van der Waals surface area contributed by atoms with E-state index in [0.29, 0.717) is 23.7 Å². The van der Waals surface area contributed by atoms with Crippen LogP contribution in [0.15, 0.2) is 35.5 Å². The highest BCUT2D eigenvalue weighted by Crippen LogP contribution is 2.12. The number of imidazole rings is 1. The summed E-state index contributed by atoms with van der Waals surface area (Å²) >= 11 is 0. The Kier molecular flexibility index (Phi) is 2.71. The molecule has 3 aromatic heterocycles. The molecule has 0 saturated carbocycles. The molecule has 0 radical (unpaired) electrons. The van der Waals surface area contributed by atoms with E-state index in [1.165, 1.54) is 6.33 Å². The van der Waals surface area contributed by atoms with E-state index in [2.05, 4.69) is 25.3 Å². The summed E-state index contributed by atoms with van der Waals surface area (Å²) in [5.74, 6) is 0.588. The molecule has 7 heteroatoms. The number of hydrogen-bond donors (Lipinski definition) is 2. The van der Waals surface area contributed by atoms with Crippen LogP contribution in [0.1, 0.15) is 5.69 Å². The fourth-order valence-electron chi connectivity index (χ4n) is 1.88. The van der Waals surface area contributed by atoms with Crippen molar-refractivity contribution in [3.63, 3.8) is 0 Å². The number of nitrogens with one attached hydrogen (secondary N) is 2. The Morgan fingerprint density at radius 3 is 3.00 bits per heavy atom. The number of aryl methyl sites for hydroxylation is 1. The van der Waals surface area contributed by atoms with Crippen LogP contribution in [-0.4, -0.2) is 24.5 Å². The SMILES string of the molecule is Cn1c(NCc2ccccn2)nc2nc[nH]c(=O)c21. The van der Waals surface area contributed by atoms with Crippen molar-refractivity contribution in [2.75, 3.05) is 5.32 Å². The Bertz CT molecular complexity index is 761. The van der Waals surface area contributed by atoms with Crippen LogP contribution >= 0.6 is 0 Å². The molecule has 0 fully saturated rings. The van der Waals surface area contributed by atoms with Gasteiger partial charge in [-0.05, 0) is 12.1 Å². The normalized spacial score (nSPS) is 10.8. The zero-order chi connectivity index (χ0) is 13.2. The average molecular weight is 256 g/mol. The molecule has 96 valence electrons. The minimum atomic E-state index is -0.203. The van der Waals surface area contributed by atoms with Gasteiger partial charge in [-0.25, -0.2) is 4.98 Å². The first-order chi connectivity index (χ1) is 9.25. The summed E-state index contributed by atoms with van der Waals surface area (Å²) in [5, 5.41) is 3.14. The standard InChI is InChI=1S/C12H12N6O/c1-18-9-10(15-7-16-11(9)19)17-12(18)14-6-8-4-2-3-5-13-8/h2-5,7H,6H2,1H3,(H2,14,15,16,17,19). The first-order valence-electron chi connectivity index (χ1n) is 5.79. The molecule has 0 aliphatic rings. The van der Waals surface area contributed by atoms with Gasteiger partial charge in [-0.15, -0.1) is 0 Å². The summed E-state index contributed by atoms with van der Waals surface area (Å²) in [5.41, 5.74) is 1.57. The molecule has 0 spiro atoms. The van der Waals surface area contributed by atoms with Gasteiger partial charge in [-0.2, -0.15) is 4.98 Å². The third-order valence-corrected chi connectivity index (χ3v) is 2.83. The maximum Gasteiger partial charge on any atom is 0.277 e. The maximum absolute atomic E-state index is 11.7. The van der Waals surface area contributed by atoms with Crippen molar-refractivity contribution < 1.29 is 0 Å². The fraction of sp³-hybridized carbons (Fsp3) is 0.167. The number of nitrogens with zero attached hydrogens (tertiary/aromatic N) is 4. The van der Waals surface area contributed by atoms with Crippen molar-refractivity contribution in [1.82, 2.24) is 24.5 Å². The minimum absolute atomic E-state index is 0.203. The Balaban J connectivity index is 1.92. The van der Waals surface area contributed by atoms with Gasteiger partial charge in [0.2, 0.25) is 5.95 Å². The van der Waals surface area contributed by atoms with Crippen LogP contribution in [-0.2, 0) is 13.6 Å². The summed E-state index contributed by atoms with van der Waals surface area (Å²) in [7, 11) is 1.77. The topological polar surface area (TPSA) is 88.5 Å². The van der Waals surface area contributed by atoms with Crippen molar-refractivity contribution in [2.24, 2.45) is 7.05 Å². The van der Waals surface area contributed by atoms with Crippen molar-refractivity contribution in [1.29, 1.82) is 0 Å². The average Bonchev–Trinajstić information content (AvgIpc) is 2.76. The number of rotatable bonds is 3. The Labute approximate surface area is 108 Å². The van der Waals surface area contributed by atoms with E-state index in [9.17, 15) is 4.79 Å². The molecule has 3 aromatic rings. The van der Waals surface area contributed by atoms with E-state index >= 15 is 0 Å². The molecule has 2 N–H and O–H groups in total. The quantitative estimate of drug-likeness (QED) is 0.718. The summed E-state index contributed by atoms with van der Waals surface area (Å²) in [6, 6.07) is 5.70. The fourth-order valence-corrected chi connectivity index (χ4v) is 1.88. The van der Waals surface area contributed by atoms with E-state index in [4.69, 9.17) is 0 Å². The smallest absolute Gasteiger partial charge is 0.277 e. The highest BCUT2D eigenvalue weighted by Gasteiger charge is 2.11. The molecule has 0 aromatic carbocycles. The van der Waals surface area contributed by atoms with Crippen LogP contribution in [0.3, 0.4) is 0 Å². The minimum Gasteiger partial charge on any atom is -0.350 e. The molecule has 0 aliphatic carbocycles. The molecule has 3 rings (SSSR count). The van der Waals surface area contributed by atoms with Gasteiger partial charge in [0.05, 0.1) is 18.6 Å². The van der Waals surface area contributed by atoms with Crippen LogP contribution in [0.25, 0.3) is 11.2 Å². The van der Waals surface area contributed by atoms with Crippen LogP contribution in [0.2, 0.25) is 0 Å². The predicted octanol–water partition coefficient (Wildman–Crippen LogP) is 0.664. The first kappa shape index (κ1) is 11.4. The number of pyridine rings is 1. The molecule has 0 amide bonds. The summed E-state index contributed by atoms with van der Waals surface area (Å²) < 4.78 is 1.68. The summed E-state index contributed by atoms with van der Waals surface area (Å²) in [6.07, 6.45) is 3.08. The number of H-pyrrole nitrogens is 1. The monoisotopic (exact) mass is 256 g/mol. The predicted molar refractivity (Wildman–Crippen MR) is 70.7 cm³/mol. The molecule has 0 aliphatic heterocycles. The lowest BCUT2D eigenvalue weighted by molar-refractivity contribution is 0.911. The molecule has 0 bridgehead atoms. The number of anilines is 1. The van der Waals surface area contributed by atoms with Crippen molar-refractivity contribution in [3.05, 3.63) is 46.8 Å². The highest BCUT2D eigenvalue weighted by molar-refractivity contribution is 5.73. The Hall–Kier alpha value is -2.70. The Morgan fingerprint density at radius 2 is 2.26 bits per heavy atom. The van der Waals surface area contributed by atoms with E-state index in [1.807, 2.05) is 18.2 Å². The van der Waals surface area contributed by atoms with E-state index in [1.54, 1.807) is 17.8 Å². The van der Waals surface area contributed by atoms with Crippen LogP contribution < -0.4 is 10.9 Å².